The Morgan fingerprint density at radius 1 is 1.24 bits per heavy atom. The van der Waals surface area contributed by atoms with Crippen LogP contribution in [0.2, 0.25) is 0 Å². The van der Waals surface area contributed by atoms with Crippen LogP contribution in [-0.4, -0.2) is 21.6 Å². The third-order valence-corrected chi connectivity index (χ3v) is 3.40. The highest BCUT2D eigenvalue weighted by Gasteiger charge is 2.14. The van der Waals surface area contributed by atoms with Gasteiger partial charge in [-0.2, -0.15) is 0 Å². The second kappa shape index (κ2) is 6.26. The Balaban J connectivity index is 2.03. The molecule has 0 aliphatic rings. The fourth-order valence-corrected chi connectivity index (χ4v) is 2.34. The summed E-state index contributed by atoms with van der Waals surface area (Å²) in [7, 11) is 0. The van der Waals surface area contributed by atoms with Crippen LogP contribution in [0, 0.1) is 6.92 Å². The van der Waals surface area contributed by atoms with E-state index in [0.717, 1.165) is 11.1 Å². The standard InChI is InChI=1S/C16H18N2O3/c1-11-6-3-4-7-13(11)12(2)17-15(19)10-18-9-5-8-14(18)16(20)21/h3-9,12H,10H2,1-2H3,(H,17,19)(H,20,21). The molecular weight excluding hydrogens is 268 g/mol. The van der Waals surface area contributed by atoms with Gasteiger partial charge in [0.25, 0.3) is 0 Å². The van der Waals surface area contributed by atoms with Gasteiger partial charge in [0.15, 0.2) is 0 Å². The highest BCUT2D eigenvalue weighted by atomic mass is 16.4. The van der Waals surface area contributed by atoms with E-state index >= 15 is 0 Å². The normalized spacial score (nSPS) is 11.9. The number of benzene rings is 1. The van der Waals surface area contributed by atoms with Crippen molar-refractivity contribution in [2.24, 2.45) is 0 Å². The van der Waals surface area contributed by atoms with Crippen molar-refractivity contribution in [3.05, 3.63) is 59.4 Å². The lowest BCUT2D eigenvalue weighted by molar-refractivity contribution is -0.122. The molecule has 5 nitrogen and oxygen atoms in total. The van der Waals surface area contributed by atoms with Gasteiger partial charge in [-0.25, -0.2) is 4.79 Å². The average molecular weight is 286 g/mol. The van der Waals surface area contributed by atoms with Crippen molar-refractivity contribution in [1.29, 1.82) is 0 Å². The van der Waals surface area contributed by atoms with Gasteiger partial charge in [-0.05, 0) is 37.1 Å². The van der Waals surface area contributed by atoms with Gasteiger partial charge in [0.1, 0.15) is 12.2 Å². The molecule has 0 aliphatic carbocycles. The molecule has 1 amide bonds. The molecule has 0 spiro atoms. The first-order valence-electron chi connectivity index (χ1n) is 6.72. The molecule has 1 heterocycles. The second-order valence-electron chi connectivity index (χ2n) is 4.97. The number of amides is 1. The SMILES string of the molecule is Cc1ccccc1C(C)NC(=O)Cn1cccc1C(=O)O. The third-order valence-electron chi connectivity index (χ3n) is 3.40. The van der Waals surface area contributed by atoms with Crippen molar-refractivity contribution in [2.75, 3.05) is 0 Å². The van der Waals surface area contributed by atoms with Crippen LogP contribution >= 0.6 is 0 Å². The highest BCUT2D eigenvalue weighted by molar-refractivity contribution is 5.87. The third kappa shape index (κ3) is 3.51. The maximum absolute atomic E-state index is 12.1. The Morgan fingerprint density at radius 3 is 2.62 bits per heavy atom. The molecule has 0 radical (unpaired) electrons. The predicted molar refractivity (Wildman–Crippen MR) is 79.1 cm³/mol. The molecule has 2 rings (SSSR count). The number of carbonyl (C=O) groups excluding carboxylic acids is 1. The Bertz CT molecular complexity index is 661. The van der Waals surface area contributed by atoms with Gasteiger partial charge < -0.3 is 15.0 Å². The Hall–Kier alpha value is -2.56. The number of nitrogens with zero attached hydrogens (tertiary/aromatic N) is 1. The Kier molecular flexibility index (Phi) is 4.42. The first kappa shape index (κ1) is 14.8. The van der Waals surface area contributed by atoms with Gasteiger partial charge in [0.2, 0.25) is 5.91 Å². The maximum atomic E-state index is 12.1. The van der Waals surface area contributed by atoms with E-state index < -0.39 is 5.97 Å². The van der Waals surface area contributed by atoms with Crippen LogP contribution in [0.5, 0.6) is 0 Å². The van der Waals surface area contributed by atoms with Gasteiger partial charge >= 0.3 is 5.97 Å². The quantitative estimate of drug-likeness (QED) is 0.886. The minimum Gasteiger partial charge on any atom is -0.477 e. The summed E-state index contributed by atoms with van der Waals surface area (Å²) in [5, 5.41) is 11.9. The van der Waals surface area contributed by atoms with Crippen LogP contribution in [-0.2, 0) is 11.3 Å². The zero-order chi connectivity index (χ0) is 15.4. The van der Waals surface area contributed by atoms with Gasteiger partial charge in [-0.15, -0.1) is 0 Å². The molecule has 5 heteroatoms. The largest absolute Gasteiger partial charge is 0.477 e. The number of nitrogens with one attached hydrogen (secondary N) is 1. The molecule has 0 fully saturated rings. The lowest BCUT2D eigenvalue weighted by Crippen LogP contribution is -2.31. The summed E-state index contributed by atoms with van der Waals surface area (Å²) in [5.41, 5.74) is 2.27. The first-order chi connectivity index (χ1) is 9.99. The van der Waals surface area contributed by atoms with E-state index in [4.69, 9.17) is 5.11 Å². The highest BCUT2D eigenvalue weighted by Crippen LogP contribution is 2.16. The molecule has 1 aromatic heterocycles. The van der Waals surface area contributed by atoms with Crippen LogP contribution in [0.3, 0.4) is 0 Å². The molecule has 0 saturated heterocycles. The summed E-state index contributed by atoms with van der Waals surface area (Å²) in [6, 6.07) is 10.8. The van der Waals surface area contributed by atoms with E-state index in [1.807, 2.05) is 38.1 Å². The van der Waals surface area contributed by atoms with Crippen molar-refractivity contribution in [3.8, 4) is 0 Å². The van der Waals surface area contributed by atoms with E-state index in [0.29, 0.717) is 0 Å². The summed E-state index contributed by atoms with van der Waals surface area (Å²) in [5.74, 6) is -1.26. The van der Waals surface area contributed by atoms with Crippen LogP contribution in [0.4, 0.5) is 0 Å². The van der Waals surface area contributed by atoms with E-state index in [9.17, 15) is 9.59 Å². The van der Waals surface area contributed by atoms with Crippen molar-refractivity contribution in [1.82, 2.24) is 9.88 Å². The number of aromatic carboxylic acids is 1. The molecule has 21 heavy (non-hydrogen) atoms. The number of hydrogen-bond acceptors (Lipinski definition) is 2. The van der Waals surface area contributed by atoms with Crippen LogP contribution < -0.4 is 5.32 Å². The number of carboxylic acid groups (broad SMARTS) is 1. The van der Waals surface area contributed by atoms with Crippen molar-refractivity contribution in [3.63, 3.8) is 0 Å². The molecule has 2 N–H and O–H groups in total. The number of aryl methyl sites for hydroxylation is 1. The summed E-state index contributed by atoms with van der Waals surface area (Å²) >= 11 is 0. The summed E-state index contributed by atoms with van der Waals surface area (Å²) < 4.78 is 1.42. The predicted octanol–water partition coefficient (Wildman–Crippen LogP) is 2.37. The van der Waals surface area contributed by atoms with Gasteiger partial charge in [0.05, 0.1) is 6.04 Å². The number of rotatable bonds is 5. The number of carbonyl (C=O) groups is 2. The van der Waals surface area contributed by atoms with Crippen LogP contribution in [0.25, 0.3) is 0 Å². The molecule has 0 bridgehead atoms. The van der Waals surface area contributed by atoms with Crippen molar-refractivity contribution >= 4 is 11.9 Å². The first-order valence-corrected chi connectivity index (χ1v) is 6.72. The van der Waals surface area contributed by atoms with Crippen LogP contribution in [0.15, 0.2) is 42.6 Å². The van der Waals surface area contributed by atoms with E-state index in [1.54, 1.807) is 12.3 Å². The van der Waals surface area contributed by atoms with Crippen molar-refractivity contribution in [2.45, 2.75) is 26.4 Å². The monoisotopic (exact) mass is 286 g/mol. The summed E-state index contributed by atoms with van der Waals surface area (Å²) in [6.07, 6.45) is 1.58. The Morgan fingerprint density at radius 2 is 1.95 bits per heavy atom. The molecule has 1 aromatic carbocycles. The number of hydrogen-bond donors (Lipinski definition) is 2. The minimum absolute atomic E-state index is 0.00907. The molecule has 2 aromatic rings. The van der Waals surface area contributed by atoms with E-state index in [1.165, 1.54) is 10.6 Å². The zero-order valence-electron chi connectivity index (χ0n) is 12.0. The average Bonchev–Trinajstić information content (AvgIpc) is 2.87. The van der Waals surface area contributed by atoms with E-state index in [-0.39, 0.29) is 24.2 Å². The zero-order valence-corrected chi connectivity index (χ0v) is 12.0. The molecule has 1 atom stereocenters. The van der Waals surface area contributed by atoms with Gasteiger partial charge in [-0.3, -0.25) is 4.79 Å². The topological polar surface area (TPSA) is 71.3 Å². The van der Waals surface area contributed by atoms with Gasteiger partial charge in [0, 0.05) is 6.20 Å². The van der Waals surface area contributed by atoms with E-state index in [2.05, 4.69) is 5.32 Å². The minimum atomic E-state index is -1.04. The van der Waals surface area contributed by atoms with Crippen molar-refractivity contribution < 1.29 is 14.7 Å². The lowest BCUT2D eigenvalue weighted by Gasteiger charge is -2.17. The molecule has 0 aliphatic heterocycles. The van der Waals surface area contributed by atoms with Gasteiger partial charge in [-0.1, -0.05) is 24.3 Å². The maximum Gasteiger partial charge on any atom is 0.352 e. The second-order valence-corrected chi connectivity index (χ2v) is 4.97. The lowest BCUT2D eigenvalue weighted by atomic mass is 10.0. The fourth-order valence-electron chi connectivity index (χ4n) is 2.34. The smallest absolute Gasteiger partial charge is 0.352 e. The summed E-state index contributed by atoms with van der Waals surface area (Å²) in [4.78, 5) is 23.1. The fraction of sp³-hybridized carbons (Fsp3) is 0.250. The number of aromatic nitrogens is 1. The molecule has 0 saturated carbocycles. The number of carboxylic acids is 1. The molecule has 1 unspecified atom stereocenters. The summed E-state index contributed by atoms with van der Waals surface area (Å²) in [6.45, 7) is 3.89. The Labute approximate surface area is 123 Å². The van der Waals surface area contributed by atoms with Crippen LogP contribution in [0.1, 0.15) is 34.6 Å². The molecule has 110 valence electrons. The molecular formula is C16H18N2O3.